The van der Waals surface area contributed by atoms with Crippen molar-refractivity contribution in [1.29, 1.82) is 0 Å². The SMILES string of the molecule is Nc1cncc(C#Cc2cc(N)ccn2)c1. The van der Waals surface area contributed by atoms with Crippen LogP contribution in [0.1, 0.15) is 11.3 Å². The largest absolute Gasteiger partial charge is 0.399 e. The molecule has 0 amide bonds. The van der Waals surface area contributed by atoms with Gasteiger partial charge in [0.25, 0.3) is 0 Å². The topological polar surface area (TPSA) is 77.8 Å². The molecule has 0 saturated heterocycles. The van der Waals surface area contributed by atoms with Crippen molar-refractivity contribution in [3.8, 4) is 11.8 Å². The van der Waals surface area contributed by atoms with Gasteiger partial charge in [0.1, 0.15) is 5.69 Å². The summed E-state index contributed by atoms with van der Waals surface area (Å²) in [5, 5.41) is 0. The van der Waals surface area contributed by atoms with Crippen LogP contribution in [-0.4, -0.2) is 9.97 Å². The fraction of sp³-hybridized carbons (Fsp3) is 0. The predicted octanol–water partition coefficient (Wildman–Crippen LogP) is 1.04. The van der Waals surface area contributed by atoms with Crippen molar-refractivity contribution in [2.45, 2.75) is 0 Å². The van der Waals surface area contributed by atoms with Gasteiger partial charge in [-0.05, 0) is 24.1 Å². The van der Waals surface area contributed by atoms with Crippen LogP contribution in [0.4, 0.5) is 11.4 Å². The zero-order valence-electron chi connectivity index (χ0n) is 8.51. The van der Waals surface area contributed by atoms with Crippen LogP contribution in [0, 0.1) is 11.8 Å². The van der Waals surface area contributed by atoms with E-state index in [-0.39, 0.29) is 0 Å². The van der Waals surface area contributed by atoms with Crippen LogP contribution in [0.25, 0.3) is 0 Å². The van der Waals surface area contributed by atoms with Crippen molar-refractivity contribution in [2.75, 3.05) is 11.5 Å². The minimum absolute atomic E-state index is 0.590. The average molecular weight is 210 g/mol. The second kappa shape index (κ2) is 4.32. The van der Waals surface area contributed by atoms with E-state index in [1.165, 1.54) is 0 Å². The molecule has 2 heterocycles. The van der Waals surface area contributed by atoms with Gasteiger partial charge in [-0.3, -0.25) is 4.98 Å². The minimum Gasteiger partial charge on any atom is -0.399 e. The van der Waals surface area contributed by atoms with Crippen LogP contribution < -0.4 is 11.5 Å². The van der Waals surface area contributed by atoms with E-state index in [4.69, 9.17) is 11.5 Å². The highest BCUT2D eigenvalue weighted by molar-refractivity contribution is 5.48. The average Bonchev–Trinajstić information content (AvgIpc) is 2.27. The Balaban J connectivity index is 2.28. The third kappa shape index (κ3) is 2.49. The van der Waals surface area contributed by atoms with Gasteiger partial charge in [-0.1, -0.05) is 5.92 Å². The third-order valence-corrected chi connectivity index (χ3v) is 1.88. The molecule has 0 aliphatic carbocycles. The molecule has 0 saturated carbocycles. The Morgan fingerprint density at radius 2 is 1.88 bits per heavy atom. The van der Waals surface area contributed by atoms with E-state index < -0.39 is 0 Å². The molecule has 4 heteroatoms. The number of nitrogens with zero attached hydrogens (tertiary/aromatic N) is 2. The molecule has 0 spiro atoms. The molecule has 0 bridgehead atoms. The van der Waals surface area contributed by atoms with Gasteiger partial charge in [0.2, 0.25) is 0 Å². The third-order valence-electron chi connectivity index (χ3n) is 1.88. The summed E-state index contributed by atoms with van der Waals surface area (Å²) in [5.74, 6) is 5.81. The quantitative estimate of drug-likeness (QED) is 0.637. The molecule has 2 aromatic heterocycles. The summed E-state index contributed by atoms with van der Waals surface area (Å²) in [6, 6.07) is 5.19. The molecule has 4 nitrogen and oxygen atoms in total. The Labute approximate surface area is 93.3 Å². The van der Waals surface area contributed by atoms with E-state index in [1.54, 1.807) is 36.8 Å². The maximum absolute atomic E-state index is 5.61. The van der Waals surface area contributed by atoms with Crippen LogP contribution in [-0.2, 0) is 0 Å². The Morgan fingerprint density at radius 3 is 2.62 bits per heavy atom. The smallest absolute Gasteiger partial charge is 0.115 e. The van der Waals surface area contributed by atoms with Crippen molar-refractivity contribution in [3.63, 3.8) is 0 Å². The molecule has 4 N–H and O–H groups in total. The van der Waals surface area contributed by atoms with Gasteiger partial charge in [-0.25, -0.2) is 4.98 Å². The molecule has 0 aliphatic rings. The van der Waals surface area contributed by atoms with Crippen molar-refractivity contribution in [3.05, 3.63) is 48.0 Å². The van der Waals surface area contributed by atoms with E-state index in [9.17, 15) is 0 Å². The summed E-state index contributed by atoms with van der Waals surface area (Å²) in [5.41, 5.74) is 13.8. The van der Waals surface area contributed by atoms with Crippen LogP contribution in [0.3, 0.4) is 0 Å². The summed E-state index contributed by atoms with van der Waals surface area (Å²) < 4.78 is 0. The molecule has 2 aromatic rings. The highest BCUT2D eigenvalue weighted by Gasteiger charge is 1.91. The van der Waals surface area contributed by atoms with Crippen molar-refractivity contribution >= 4 is 11.4 Å². The zero-order valence-corrected chi connectivity index (χ0v) is 8.51. The van der Waals surface area contributed by atoms with E-state index in [0.29, 0.717) is 17.1 Å². The number of nitrogen functional groups attached to an aromatic ring is 2. The lowest BCUT2D eigenvalue weighted by atomic mass is 10.2. The maximum atomic E-state index is 5.61. The van der Waals surface area contributed by atoms with Crippen LogP contribution >= 0.6 is 0 Å². The number of nitrogens with two attached hydrogens (primary N) is 2. The maximum Gasteiger partial charge on any atom is 0.115 e. The molecule has 0 aromatic carbocycles. The van der Waals surface area contributed by atoms with E-state index in [2.05, 4.69) is 21.8 Å². The summed E-state index contributed by atoms with van der Waals surface area (Å²) in [6.07, 6.45) is 4.84. The van der Waals surface area contributed by atoms with Crippen molar-refractivity contribution in [2.24, 2.45) is 0 Å². The fourth-order valence-corrected chi connectivity index (χ4v) is 1.18. The highest BCUT2D eigenvalue weighted by Crippen LogP contribution is 2.04. The van der Waals surface area contributed by atoms with Crippen LogP contribution in [0.15, 0.2) is 36.8 Å². The summed E-state index contributed by atoms with van der Waals surface area (Å²) in [6.45, 7) is 0. The normalized spacial score (nSPS) is 9.25. The second-order valence-electron chi connectivity index (χ2n) is 3.23. The van der Waals surface area contributed by atoms with Crippen molar-refractivity contribution < 1.29 is 0 Å². The summed E-state index contributed by atoms with van der Waals surface area (Å²) >= 11 is 0. The molecular weight excluding hydrogens is 200 g/mol. The van der Waals surface area contributed by atoms with Gasteiger partial charge >= 0.3 is 0 Å². The van der Waals surface area contributed by atoms with E-state index in [0.717, 1.165) is 5.56 Å². The molecule has 2 rings (SSSR count). The molecule has 16 heavy (non-hydrogen) atoms. The molecule has 0 atom stereocenters. The number of aromatic nitrogens is 2. The molecule has 0 unspecified atom stereocenters. The van der Waals surface area contributed by atoms with Crippen LogP contribution in [0.5, 0.6) is 0 Å². The Morgan fingerprint density at radius 1 is 1.00 bits per heavy atom. The Bertz CT molecular complexity index is 517. The predicted molar refractivity (Wildman–Crippen MR) is 63.3 cm³/mol. The van der Waals surface area contributed by atoms with Gasteiger partial charge in [-0.15, -0.1) is 0 Å². The second-order valence-corrected chi connectivity index (χ2v) is 3.23. The minimum atomic E-state index is 0.590. The lowest BCUT2D eigenvalue weighted by Crippen LogP contribution is -1.89. The van der Waals surface area contributed by atoms with E-state index in [1.807, 2.05) is 0 Å². The Hall–Kier alpha value is -2.54. The number of hydrogen-bond acceptors (Lipinski definition) is 4. The fourth-order valence-electron chi connectivity index (χ4n) is 1.18. The van der Waals surface area contributed by atoms with Gasteiger partial charge in [0, 0.05) is 29.8 Å². The van der Waals surface area contributed by atoms with Gasteiger partial charge < -0.3 is 11.5 Å². The Kier molecular flexibility index (Phi) is 2.70. The first-order valence-electron chi connectivity index (χ1n) is 4.68. The molecule has 78 valence electrons. The standard InChI is InChI=1S/C12H10N4/c13-10-3-4-16-12(6-10)2-1-9-5-11(14)8-15-7-9/h3-8H,14H2,(H2,13,16). The van der Waals surface area contributed by atoms with Gasteiger partial charge in [-0.2, -0.15) is 0 Å². The first-order chi connectivity index (χ1) is 7.74. The highest BCUT2D eigenvalue weighted by atomic mass is 14.7. The summed E-state index contributed by atoms with van der Waals surface area (Å²) in [7, 11) is 0. The first-order valence-corrected chi connectivity index (χ1v) is 4.68. The number of rotatable bonds is 0. The lowest BCUT2D eigenvalue weighted by Gasteiger charge is -1.93. The van der Waals surface area contributed by atoms with Gasteiger partial charge in [0.15, 0.2) is 0 Å². The molecular formula is C12H10N4. The molecule has 0 fully saturated rings. The molecule has 0 radical (unpaired) electrons. The number of pyridine rings is 2. The summed E-state index contributed by atoms with van der Waals surface area (Å²) in [4.78, 5) is 8.01. The lowest BCUT2D eigenvalue weighted by molar-refractivity contribution is 1.29. The number of hydrogen-bond donors (Lipinski definition) is 2. The van der Waals surface area contributed by atoms with Gasteiger partial charge in [0.05, 0.1) is 5.69 Å². The monoisotopic (exact) mass is 210 g/mol. The first kappa shape index (κ1) is 9.99. The number of anilines is 2. The van der Waals surface area contributed by atoms with Crippen molar-refractivity contribution in [1.82, 2.24) is 9.97 Å². The van der Waals surface area contributed by atoms with Crippen LogP contribution in [0.2, 0.25) is 0 Å². The van der Waals surface area contributed by atoms with E-state index >= 15 is 0 Å². The molecule has 0 aliphatic heterocycles. The zero-order chi connectivity index (χ0) is 11.4.